The highest BCUT2D eigenvalue weighted by Gasteiger charge is 2.24. The fourth-order valence-electron chi connectivity index (χ4n) is 7.79. The number of ether oxygens (including phenoxy) is 2. The van der Waals surface area contributed by atoms with E-state index < -0.39 is 0 Å². The number of nitrogens with zero attached hydrogens (tertiary/aromatic N) is 2. The van der Waals surface area contributed by atoms with Crippen molar-refractivity contribution in [3.8, 4) is 45.1 Å². The average molecular weight is 729 g/mol. The third kappa shape index (κ3) is 8.06. The molecule has 2 fully saturated rings. The first-order valence-electron chi connectivity index (χ1n) is 18.2. The van der Waals surface area contributed by atoms with Crippen LogP contribution in [0.25, 0.3) is 33.5 Å². The highest BCUT2D eigenvalue weighted by Crippen LogP contribution is 2.44. The van der Waals surface area contributed by atoms with Crippen molar-refractivity contribution in [2.45, 2.75) is 57.7 Å². The van der Waals surface area contributed by atoms with E-state index in [0.29, 0.717) is 41.1 Å². The molecule has 0 saturated carbocycles. The number of amides is 1. The summed E-state index contributed by atoms with van der Waals surface area (Å²) in [5, 5.41) is 11.1. The van der Waals surface area contributed by atoms with Crippen LogP contribution in [-0.4, -0.2) is 68.8 Å². The highest BCUT2D eigenvalue weighted by atomic mass is 35.5. The first kappa shape index (κ1) is 35.7. The summed E-state index contributed by atoms with van der Waals surface area (Å²) in [5.41, 5.74) is 8.72. The molecule has 1 amide bonds. The maximum atomic E-state index is 11.5. The lowest BCUT2D eigenvalue weighted by Crippen LogP contribution is -2.35. The zero-order valence-corrected chi connectivity index (χ0v) is 31.0. The first-order chi connectivity index (χ1) is 24.9. The number of hydrogen-bond donors (Lipinski definition) is 3. The van der Waals surface area contributed by atoms with Gasteiger partial charge in [-0.1, -0.05) is 71.7 Å². The van der Waals surface area contributed by atoms with Crippen LogP contribution >= 0.6 is 23.2 Å². The maximum absolute atomic E-state index is 11.5. The minimum atomic E-state index is 0.112. The fraction of sp³-hybridized carbons (Fsp3) is 0.415. The zero-order chi connectivity index (χ0) is 35.3. The molecule has 51 heavy (non-hydrogen) atoms. The molecule has 7 rings (SSSR count). The van der Waals surface area contributed by atoms with Gasteiger partial charge in [-0.2, -0.15) is 0 Å². The van der Waals surface area contributed by atoms with Crippen molar-refractivity contribution >= 4 is 29.1 Å². The minimum Gasteiger partial charge on any atom is -0.496 e. The molecule has 0 bridgehead atoms. The van der Waals surface area contributed by atoms with Crippen LogP contribution in [0.15, 0.2) is 60.7 Å². The van der Waals surface area contributed by atoms with Gasteiger partial charge in [0.1, 0.15) is 5.75 Å². The summed E-state index contributed by atoms with van der Waals surface area (Å²) >= 11 is 14.4. The second-order valence-electron chi connectivity index (χ2n) is 14.0. The number of benzene rings is 3. The SMILES string of the molecule is COc1cc(-c2cccc(-c3cccc(-c4ccc(CNC[C@@H]5CCC(=O)N5)c(OC)n4)c3Cl)c2Cl)cc2c1CN(CCC1CCNCC1)CC2. The molecule has 8 nitrogen and oxygen atoms in total. The van der Waals surface area contributed by atoms with Crippen LogP contribution in [0.2, 0.25) is 10.0 Å². The van der Waals surface area contributed by atoms with Gasteiger partial charge in [0.05, 0.1) is 30.0 Å². The van der Waals surface area contributed by atoms with Crippen molar-refractivity contribution in [3.63, 3.8) is 0 Å². The van der Waals surface area contributed by atoms with Crippen LogP contribution < -0.4 is 25.4 Å². The number of fused-ring (bicyclic) bond motifs is 1. The Kier molecular flexibility index (Phi) is 11.5. The van der Waals surface area contributed by atoms with Gasteiger partial charge in [-0.25, -0.2) is 4.98 Å². The number of methoxy groups -OCH3 is 2. The zero-order valence-electron chi connectivity index (χ0n) is 29.5. The third-order valence-corrected chi connectivity index (χ3v) is 11.5. The van der Waals surface area contributed by atoms with Gasteiger partial charge < -0.3 is 25.4 Å². The standard InChI is InChI=1S/C41H47Cl2N5O3/c1-50-37-22-29(21-27-16-20-48(25-35(27)37)19-15-26-13-17-44-18-14-26)31-5-3-6-32(39(31)42)33-7-4-8-34(40(33)43)36-11-9-28(41(47-36)51-2)23-45-24-30-10-12-38(49)46-30/h3-9,11,21-22,26,30,44-45H,10,12-20,23-25H2,1-2H3,(H,46,49)/t30-/m0/s1. The number of hydrogen-bond acceptors (Lipinski definition) is 7. The molecule has 10 heteroatoms. The van der Waals surface area contributed by atoms with Gasteiger partial charge in [0.2, 0.25) is 11.8 Å². The first-order valence-corrected chi connectivity index (χ1v) is 18.9. The molecular weight excluding hydrogens is 681 g/mol. The normalized spacial score (nSPS) is 18.0. The van der Waals surface area contributed by atoms with Crippen LogP contribution in [0.3, 0.4) is 0 Å². The van der Waals surface area contributed by atoms with Crippen molar-refractivity contribution < 1.29 is 14.3 Å². The predicted molar refractivity (Wildman–Crippen MR) is 206 cm³/mol. The Hall–Kier alpha value is -3.66. The van der Waals surface area contributed by atoms with E-state index >= 15 is 0 Å². The highest BCUT2D eigenvalue weighted by molar-refractivity contribution is 6.39. The summed E-state index contributed by atoms with van der Waals surface area (Å²) in [6.45, 7) is 6.66. The molecule has 1 atom stereocenters. The number of pyridine rings is 1. The Morgan fingerprint density at radius 1 is 0.902 bits per heavy atom. The summed E-state index contributed by atoms with van der Waals surface area (Å²) in [6.07, 6.45) is 6.26. The Morgan fingerprint density at radius 3 is 2.37 bits per heavy atom. The van der Waals surface area contributed by atoms with E-state index in [1.165, 1.54) is 30.4 Å². The Bertz CT molecular complexity index is 1860. The van der Waals surface area contributed by atoms with Gasteiger partial charge in [-0.3, -0.25) is 9.69 Å². The Morgan fingerprint density at radius 2 is 1.65 bits per heavy atom. The second-order valence-corrected chi connectivity index (χ2v) is 14.7. The van der Waals surface area contributed by atoms with Crippen LogP contribution in [-0.2, 0) is 24.3 Å². The number of carbonyl (C=O) groups is 1. The molecule has 0 spiro atoms. The van der Waals surface area contributed by atoms with Gasteiger partial charge >= 0.3 is 0 Å². The molecule has 3 aromatic carbocycles. The molecule has 3 aliphatic heterocycles. The lowest BCUT2D eigenvalue weighted by molar-refractivity contribution is -0.119. The monoisotopic (exact) mass is 727 g/mol. The van der Waals surface area contributed by atoms with E-state index in [9.17, 15) is 4.79 Å². The lowest BCUT2D eigenvalue weighted by Gasteiger charge is -2.32. The van der Waals surface area contributed by atoms with E-state index in [2.05, 4.69) is 39.0 Å². The van der Waals surface area contributed by atoms with Crippen molar-refractivity contribution in [2.24, 2.45) is 5.92 Å². The number of nitrogens with one attached hydrogen (secondary N) is 3. The number of piperidine rings is 1. The van der Waals surface area contributed by atoms with Crippen molar-refractivity contribution in [2.75, 3.05) is 46.9 Å². The van der Waals surface area contributed by atoms with E-state index in [0.717, 1.165) is 90.6 Å². The number of aromatic nitrogens is 1. The summed E-state index contributed by atoms with van der Waals surface area (Å²) in [5.74, 6) is 2.39. The predicted octanol–water partition coefficient (Wildman–Crippen LogP) is 7.52. The summed E-state index contributed by atoms with van der Waals surface area (Å²) in [6, 6.07) is 20.6. The lowest BCUT2D eigenvalue weighted by atomic mass is 9.91. The summed E-state index contributed by atoms with van der Waals surface area (Å²) in [4.78, 5) is 19.0. The van der Waals surface area contributed by atoms with E-state index in [-0.39, 0.29) is 11.9 Å². The molecule has 3 aliphatic rings. The Labute approximate surface area is 311 Å². The minimum absolute atomic E-state index is 0.112. The van der Waals surface area contributed by atoms with E-state index in [1.54, 1.807) is 14.2 Å². The van der Waals surface area contributed by atoms with Gasteiger partial charge in [-0.05, 0) is 80.9 Å². The van der Waals surface area contributed by atoms with E-state index in [1.807, 2.05) is 42.5 Å². The molecular formula is C41H47Cl2N5O3. The second kappa shape index (κ2) is 16.3. The third-order valence-electron chi connectivity index (χ3n) is 10.7. The molecule has 1 aromatic heterocycles. The van der Waals surface area contributed by atoms with Crippen LogP contribution in [0.5, 0.6) is 11.6 Å². The molecule has 4 heterocycles. The molecule has 2 saturated heterocycles. The van der Waals surface area contributed by atoms with Crippen LogP contribution in [0.4, 0.5) is 0 Å². The quantitative estimate of drug-likeness (QED) is 0.139. The van der Waals surface area contributed by atoms with Gasteiger partial charge in [0, 0.05) is 72.0 Å². The molecule has 4 aromatic rings. The maximum Gasteiger partial charge on any atom is 0.220 e. The van der Waals surface area contributed by atoms with Gasteiger partial charge in [-0.15, -0.1) is 0 Å². The van der Waals surface area contributed by atoms with Crippen molar-refractivity contribution in [3.05, 3.63) is 87.4 Å². The molecule has 0 radical (unpaired) electrons. The van der Waals surface area contributed by atoms with Crippen molar-refractivity contribution in [1.82, 2.24) is 25.8 Å². The fourth-order valence-corrected chi connectivity index (χ4v) is 8.46. The largest absolute Gasteiger partial charge is 0.496 e. The number of carbonyl (C=O) groups excluding carboxylic acids is 1. The molecule has 0 aliphatic carbocycles. The van der Waals surface area contributed by atoms with Gasteiger partial charge in [0.25, 0.3) is 0 Å². The van der Waals surface area contributed by atoms with Crippen LogP contribution in [0.1, 0.15) is 48.8 Å². The molecule has 268 valence electrons. The summed E-state index contributed by atoms with van der Waals surface area (Å²) in [7, 11) is 3.39. The smallest absolute Gasteiger partial charge is 0.220 e. The van der Waals surface area contributed by atoms with E-state index in [4.69, 9.17) is 37.7 Å². The van der Waals surface area contributed by atoms with Crippen LogP contribution in [0, 0.1) is 5.92 Å². The average Bonchev–Trinajstić information content (AvgIpc) is 3.58. The molecule has 3 N–H and O–H groups in total. The molecule has 0 unspecified atom stereocenters. The topological polar surface area (TPSA) is 87.8 Å². The van der Waals surface area contributed by atoms with Crippen molar-refractivity contribution in [1.29, 1.82) is 0 Å². The Balaban J connectivity index is 1.10. The number of halogens is 2. The number of rotatable bonds is 12. The van der Waals surface area contributed by atoms with Gasteiger partial charge in [0.15, 0.2) is 0 Å². The summed E-state index contributed by atoms with van der Waals surface area (Å²) < 4.78 is 11.7.